The van der Waals surface area contributed by atoms with Gasteiger partial charge in [-0.2, -0.15) is 0 Å². The van der Waals surface area contributed by atoms with Crippen LogP contribution in [0, 0.1) is 0 Å². The highest BCUT2D eigenvalue weighted by atomic mass is 16.5. The molecule has 0 fully saturated rings. The third kappa shape index (κ3) is 5.39. The van der Waals surface area contributed by atoms with E-state index in [0.717, 1.165) is 0 Å². The Labute approximate surface area is 229 Å². The van der Waals surface area contributed by atoms with Gasteiger partial charge in [0.25, 0.3) is 0 Å². The van der Waals surface area contributed by atoms with Crippen molar-refractivity contribution in [3.63, 3.8) is 0 Å². The van der Waals surface area contributed by atoms with E-state index in [1.165, 1.54) is 62.6 Å². The number of methoxy groups -OCH3 is 1. The minimum Gasteiger partial charge on any atom is -0.504 e. The summed E-state index contributed by atoms with van der Waals surface area (Å²) in [5.41, 5.74) is -1.86. The van der Waals surface area contributed by atoms with Crippen LogP contribution in [0.5, 0.6) is 23.0 Å². The van der Waals surface area contributed by atoms with E-state index in [-0.39, 0.29) is 23.3 Å². The van der Waals surface area contributed by atoms with E-state index < -0.39 is 57.4 Å². The number of hydrogen-bond acceptors (Lipinski definition) is 9. The summed E-state index contributed by atoms with van der Waals surface area (Å²) in [6.45, 7) is 1.37. The Balaban J connectivity index is 2.04. The van der Waals surface area contributed by atoms with Gasteiger partial charge in [-0.05, 0) is 43.3 Å². The average Bonchev–Trinajstić information content (AvgIpc) is 2.99. The van der Waals surface area contributed by atoms with Crippen molar-refractivity contribution in [1.82, 2.24) is 0 Å². The van der Waals surface area contributed by atoms with Crippen LogP contribution in [0.4, 0.5) is 0 Å². The second kappa shape index (κ2) is 12.0. The zero-order valence-electron chi connectivity index (χ0n) is 21.5. The van der Waals surface area contributed by atoms with Crippen LogP contribution in [0.3, 0.4) is 0 Å². The zero-order chi connectivity index (χ0) is 28.8. The van der Waals surface area contributed by atoms with Crippen molar-refractivity contribution >= 4 is 23.5 Å². The number of aromatic hydroxyl groups is 2. The summed E-state index contributed by atoms with van der Waals surface area (Å²) in [5.74, 6) is -6.40. The van der Waals surface area contributed by atoms with Gasteiger partial charge in [0.2, 0.25) is 5.75 Å². The van der Waals surface area contributed by atoms with Crippen LogP contribution in [0.1, 0.15) is 59.5 Å². The quantitative estimate of drug-likeness (QED) is 0.131. The van der Waals surface area contributed by atoms with Gasteiger partial charge >= 0.3 is 11.9 Å². The Morgan fingerprint density at radius 2 is 1.15 bits per heavy atom. The summed E-state index contributed by atoms with van der Waals surface area (Å²) in [5, 5.41) is 22.1. The van der Waals surface area contributed by atoms with Crippen LogP contribution >= 0.6 is 0 Å². The lowest BCUT2D eigenvalue weighted by Gasteiger charge is -2.20. The van der Waals surface area contributed by atoms with Gasteiger partial charge in [-0.25, -0.2) is 9.59 Å². The molecule has 0 aliphatic rings. The number of hydrogen-bond donors (Lipinski definition) is 2. The number of carbonyl (C=O) groups is 4. The fraction of sp³-hybridized carbons (Fsp3) is 0.0968. The standard InChI is InChI=1S/C31H24O9/c1-3-39-31(37)22-23(25(32)18-10-6-4-7-11-18)27(34)28(35)29(40-30(36)20-12-8-5-9-13-20)24(22)26(33)19-14-16-21(38-2)17-15-19/h4-17,34-35H,3H2,1-2H3. The second-order valence-electron chi connectivity index (χ2n) is 8.38. The molecule has 0 radical (unpaired) electrons. The Kier molecular flexibility index (Phi) is 8.24. The van der Waals surface area contributed by atoms with Crippen molar-refractivity contribution in [2.45, 2.75) is 6.92 Å². The summed E-state index contributed by atoms with van der Waals surface area (Å²) in [4.78, 5) is 53.9. The molecule has 0 aromatic heterocycles. The smallest absolute Gasteiger partial charge is 0.343 e. The van der Waals surface area contributed by atoms with Crippen LogP contribution in [-0.4, -0.2) is 47.4 Å². The number of rotatable bonds is 9. The largest absolute Gasteiger partial charge is 0.504 e. The van der Waals surface area contributed by atoms with E-state index in [1.54, 1.807) is 36.4 Å². The normalized spacial score (nSPS) is 10.4. The highest BCUT2D eigenvalue weighted by molar-refractivity contribution is 6.24. The Hall–Kier alpha value is -5.44. The Bertz CT molecular complexity index is 1580. The van der Waals surface area contributed by atoms with Gasteiger partial charge in [0.05, 0.1) is 36.0 Å². The minimum absolute atomic E-state index is 0.00607. The molecule has 4 aromatic carbocycles. The van der Waals surface area contributed by atoms with Crippen LogP contribution in [0.25, 0.3) is 0 Å². The zero-order valence-corrected chi connectivity index (χ0v) is 21.5. The minimum atomic E-state index is -1.15. The highest BCUT2D eigenvalue weighted by Gasteiger charge is 2.37. The Morgan fingerprint density at radius 3 is 1.70 bits per heavy atom. The topological polar surface area (TPSA) is 136 Å². The van der Waals surface area contributed by atoms with E-state index in [0.29, 0.717) is 5.75 Å². The molecular formula is C31H24O9. The first-order valence-electron chi connectivity index (χ1n) is 12.1. The third-order valence-corrected chi connectivity index (χ3v) is 5.93. The van der Waals surface area contributed by atoms with E-state index in [4.69, 9.17) is 14.2 Å². The number of ketones is 2. The lowest BCUT2D eigenvalue weighted by molar-refractivity contribution is 0.0517. The average molecular weight is 541 g/mol. The molecule has 0 unspecified atom stereocenters. The predicted octanol–water partition coefficient (Wildman–Crippen LogP) is 4.96. The molecule has 0 spiro atoms. The fourth-order valence-electron chi connectivity index (χ4n) is 3.99. The van der Waals surface area contributed by atoms with Crippen molar-refractivity contribution in [2.24, 2.45) is 0 Å². The van der Waals surface area contributed by atoms with E-state index in [9.17, 15) is 29.4 Å². The third-order valence-electron chi connectivity index (χ3n) is 5.93. The van der Waals surface area contributed by atoms with Crippen LogP contribution in [0.15, 0.2) is 84.9 Å². The SMILES string of the molecule is CCOC(=O)c1c(C(=O)c2ccccc2)c(O)c(O)c(OC(=O)c2ccccc2)c1C(=O)c1ccc(OC)cc1. The van der Waals surface area contributed by atoms with E-state index in [1.807, 2.05) is 0 Å². The maximum absolute atomic E-state index is 13.9. The van der Waals surface area contributed by atoms with E-state index in [2.05, 4.69) is 0 Å². The Morgan fingerprint density at radius 1 is 0.625 bits per heavy atom. The van der Waals surface area contributed by atoms with Gasteiger partial charge in [0.1, 0.15) is 5.75 Å². The molecule has 9 heteroatoms. The molecule has 0 saturated carbocycles. The first-order valence-corrected chi connectivity index (χ1v) is 12.1. The van der Waals surface area contributed by atoms with Crippen molar-refractivity contribution < 1.29 is 43.6 Å². The van der Waals surface area contributed by atoms with Gasteiger partial charge < -0.3 is 24.4 Å². The number of ether oxygens (including phenoxy) is 3. The summed E-state index contributed by atoms with van der Waals surface area (Å²) in [7, 11) is 1.44. The van der Waals surface area contributed by atoms with E-state index >= 15 is 0 Å². The van der Waals surface area contributed by atoms with Crippen LogP contribution in [-0.2, 0) is 4.74 Å². The highest BCUT2D eigenvalue weighted by Crippen LogP contribution is 2.46. The summed E-state index contributed by atoms with van der Waals surface area (Å²) in [6, 6.07) is 21.1. The number of phenolic OH excluding ortho intramolecular Hbond substituents is 2. The summed E-state index contributed by atoms with van der Waals surface area (Å²) >= 11 is 0. The molecule has 0 bridgehead atoms. The molecule has 2 N–H and O–H groups in total. The molecule has 0 amide bonds. The van der Waals surface area contributed by atoms with Gasteiger partial charge in [0.15, 0.2) is 23.1 Å². The molecule has 40 heavy (non-hydrogen) atoms. The number of esters is 2. The fourth-order valence-corrected chi connectivity index (χ4v) is 3.99. The number of carbonyl (C=O) groups excluding carboxylic acids is 4. The molecule has 4 aromatic rings. The molecule has 0 aliphatic heterocycles. The van der Waals surface area contributed by atoms with Gasteiger partial charge in [-0.1, -0.05) is 48.5 Å². The van der Waals surface area contributed by atoms with Gasteiger partial charge in [0, 0.05) is 11.1 Å². The first kappa shape index (κ1) is 27.6. The van der Waals surface area contributed by atoms with Crippen LogP contribution < -0.4 is 9.47 Å². The maximum atomic E-state index is 13.9. The van der Waals surface area contributed by atoms with Gasteiger partial charge in [-0.15, -0.1) is 0 Å². The molecule has 202 valence electrons. The first-order chi connectivity index (χ1) is 19.3. The molecule has 0 aliphatic carbocycles. The van der Waals surface area contributed by atoms with Gasteiger partial charge in [-0.3, -0.25) is 9.59 Å². The lowest BCUT2D eigenvalue weighted by Crippen LogP contribution is -2.21. The van der Waals surface area contributed by atoms with Crippen molar-refractivity contribution in [2.75, 3.05) is 13.7 Å². The van der Waals surface area contributed by atoms with Crippen molar-refractivity contribution in [3.8, 4) is 23.0 Å². The molecule has 9 nitrogen and oxygen atoms in total. The molecule has 0 saturated heterocycles. The molecular weight excluding hydrogens is 516 g/mol. The monoisotopic (exact) mass is 540 g/mol. The van der Waals surface area contributed by atoms with Crippen molar-refractivity contribution in [1.29, 1.82) is 0 Å². The lowest BCUT2D eigenvalue weighted by atomic mass is 9.88. The summed E-state index contributed by atoms with van der Waals surface area (Å²) in [6.07, 6.45) is 0. The summed E-state index contributed by atoms with van der Waals surface area (Å²) < 4.78 is 15.7. The maximum Gasteiger partial charge on any atom is 0.343 e. The van der Waals surface area contributed by atoms with Crippen molar-refractivity contribution in [3.05, 3.63) is 118 Å². The second-order valence-corrected chi connectivity index (χ2v) is 8.38. The molecule has 0 atom stereocenters. The number of phenols is 2. The predicted molar refractivity (Wildman–Crippen MR) is 143 cm³/mol. The molecule has 0 heterocycles. The molecule has 4 rings (SSSR count). The van der Waals surface area contributed by atoms with Crippen LogP contribution in [0.2, 0.25) is 0 Å². The number of benzene rings is 4.